The number of likely N-dealkylation sites (N-methyl/N-ethyl adjacent to an activating group) is 1. The first-order chi connectivity index (χ1) is 19.8. The maximum Gasteiger partial charge on any atom is 0.260 e. The van der Waals surface area contributed by atoms with Gasteiger partial charge < -0.3 is 28.7 Å². The zero-order valence-electron chi connectivity index (χ0n) is 24.4. The lowest BCUT2D eigenvalue weighted by molar-refractivity contribution is -0.153. The molecule has 0 aromatic heterocycles. The van der Waals surface area contributed by atoms with Gasteiger partial charge in [-0.3, -0.25) is 9.59 Å². The molecule has 1 atom stereocenters. The van der Waals surface area contributed by atoms with Crippen LogP contribution in [0.25, 0.3) is 0 Å². The minimum Gasteiger partial charge on any atom is -0.494 e. The maximum absolute atomic E-state index is 13.0. The van der Waals surface area contributed by atoms with Crippen molar-refractivity contribution in [3.63, 3.8) is 0 Å². The van der Waals surface area contributed by atoms with Crippen molar-refractivity contribution in [1.29, 1.82) is 0 Å². The summed E-state index contributed by atoms with van der Waals surface area (Å²) in [7, 11) is 3.48. The minimum absolute atomic E-state index is 0.0378. The summed E-state index contributed by atoms with van der Waals surface area (Å²) in [5, 5.41) is 0. The molecule has 8 heteroatoms. The third-order valence-corrected chi connectivity index (χ3v) is 6.97. The molecular formula is C33H40N2O6. The Morgan fingerprint density at radius 1 is 0.951 bits per heavy atom. The predicted octanol–water partition coefficient (Wildman–Crippen LogP) is 5.34. The Balaban J connectivity index is 1.19. The molecule has 3 aromatic carbocycles. The van der Waals surface area contributed by atoms with E-state index >= 15 is 0 Å². The lowest BCUT2D eigenvalue weighted by Crippen LogP contribution is -2.47. The topological polar surface area (TPSA) is 77.5 Å². The lowest BCUT2D eigenvalue weighted by Gasteiger charge is -2.31. The molecule has 8 nitrogen and oxygen atoms in total. The first-order valence-electron chi connectivity index (χ1n) is 14.1. The van der Waals surface area contributed by atoms with E-state index in [2.05, 4.69) is 0 Å². The van der Waals surface area contributed by atoms with Gasteiger partial charge in [0.2, 0.25) is 0 Å². The number of amides is 2. The van der Waals surface area contributed by atoms with Crippen molar-refractivity contribution < 1.29 is 28.5 Å². The molecule has 4 rings (SSSR count). The summed E-state index contributed by atoms with van der Waals surface area (Å²) < 4.78 is 23.5. The van der Waals surface area contributed by atoms with E-state index in [9.17, 15) is 9.59 Å². The smallest absolute Gasteiger partial charge is 0.260 e. The van der Waals surface area contributed by atoms with E-state index in [1.807, 2.05) is 74.5 Å². The Kier molecular flexibility index (Phi) is 10.2. The van der Waals surface area contributed by atoms with E-state index in [0.717, 1.165) is 29.7 Å². The first-order valence-corrected chi connectivity index (χ1v) is 14.1. The fourth-order valence-electron chi connectivity index (χ4n) is 4.84. The number of ether oxygens (including phenoxy) is 4. The molecule has 0 N–H and O–H groups in total. The molecular weight excluding hydrogens is 520 g/mol. The van der Waals surface area contributed by atoms with E-state index < -0.39 is 5.60 Å². The molecule has 218 valence electrons. The summed E-state index contributed by atoms with van der Waals surface area (Å²) in [6.07, 6.45) is 2.07. The van der Waals surface area contributed by atoms with Crippen LogP contribution in [0.5, 0.6) is 17.2 Å². The highest BCUT2D eigenvalue weighted by Gasteiger charge is 2.35. The van der Waals surface area contributed by atoms with Crippen molar-refractivity contribution >= 4 is 11.8 Å². The summed E-state index contributed by atoms with van der Waals surface area (Å²) in [6, 6.07) is 23.1. The van der Waals surface area contributed by atoms with Gasteiger partial charge in [0.1, 0.15) is 29.5 Å². The molecule has 0 spiro atoms. The largest absolute Gasteiger partial charge is 0.494 e. The molecule has 0 aliphatic carbocycles. The monoisotopic (exact) mass is 560 g/mol. The summed E-state index contributed by atoms with van der Waals surface area (Å²) in [4.78, 5) is 28.9. The highest BCUT2D eigenvalue weighted by Crippen LogP contribution is 2.30. The molecule has 0 fully saturated rings. The van der Waals surface area contributed by atoms with Crippen molar-refractivity contribution in [1.82, 2.24) is 9.80 Å². The number of carbonyl (C=O) groups is 2. The lowest BCUT2D eigenvalue weighted by atomic mass is 9.94. The SMILES string of the molecule is CCOC(C)(Cc1ccc(OCCCCN2COc3cc(OCc4ccccc4)ccc3C2=O)cc1)C(=O)N(C)C. The van der Waals surface area contributed by atoms with Gasteiger partial charge in [-0.25, -0.2) is 0 Å². The number of hydrogen-bond acceptors (Lipinski definition) is 6. The second-order valence-electron chi connectivity index (χ2n) is 10.5. The van der Waals surface area contributed by atoms with Crippen LogP contribution in [0.2, 0.25) is 0 Å². The molecule has 2 amide bonds. The zero-order valence-corrected chi connectivity index (χ0v) is 24.4. The zero-order chi connectivity index (χ0) is 29.2. The number of nitrogens with zero attached hydrogens (tertiary/aromatic N) is 2. The van der Waals surface area contributed by atoms with Crippen LogP contribution >= 0.6 is 0 Å². The Labute approximate surface area is 242 Å². The van der Waals surface area contributed by atoms with E-state index in [1.54, 1.807) is 36.0 Å². The van der Waals surface area contributed by atoms with Crippen molar-refractivity contribution in [2.24, 2.45) is 0 Å². The van der Waals surface area contributed by atoms with E-state index in [0.29, 0.717) is 49.8 Å². The second kappa shape index (κ2) is 14.0. The molecule has 1 aliphatic rings. The molecule has 0 radical (unpaired) electrons. The van der Waals surface area contributed by atoms with E-state index in [1.165, 1.54) is 0 Å². The standard InChI is InChI=1S/C33H40N2O6/c1-5-41-33(2,32(37)34(3)4)22-25-13-15-27(16-14-25)38-20-10-9-19-35-24-40-30-21-28(17-18-29(30)31(35)36)39-23-26-11-7-6-8-12-26/h6-8,11-18,21H,5,9-10,19-20,22-24H2,1-4H3. The summed E-state index contributed by atoms with van der Waals surface area (Å²) in [6.45, 7) is 5.98. The third kappa shape index (κ3) is 8.01. The number of fused-ring (bicyclic) bond motifs is 1. The van der Waals surface area contributed by atoms with Gasteiger partial charge in [-0.1, -0.05) is 42.5 Å². The third-order valence-electron chi connectivity index (χ3n) is 6.97. The quantitative estimate of drug-likeness (QED) is 0.248. The summed E-state index contributed by atoms with van der Waals surface area (Å²) >= 11 is 0. The highest BCUT2D eigenvalue weighted by atomic mass is 16.5. The number of rotatable bonds is 14. The van der Waals surface area contributed by atoms with Gasteiger partial charge in [-0.05, 0) is 62.1 Å². The van der Waals surface area contributed by atoms with Crippen LogP contribution in [0, 0.1) is 0 Å². The fourth-order valence-corrected chi connectivity index (χ4v) is 4.84. The molecule has 0 bridgehead atoms. The van der Waals surface area contributed by atoms with Gasteiger partial charge in [-0.15, -0.1) is 0 Å². The number of carbonyl (C=O) groups excluding carboxylic acids is 2. The van der Waals surface area contributed by atoms with Gasteiger partial charge in [0.15, 0.2) is 6.73 Å². The molecule has 3 aromatic rings. The average Bonchev–Trinajstić information content (AvgIpc) is 2.98. The number of hydrogen-bond donors (Lipinski definition) is 0. The van der Waals surface area contributed by atoms with Gasteiger partial charge in [0, 0.05) is 39.7 Å². The van der Waals surface area contributed by atoms with Crippen LogP contribution in [0.15, 0.2) is 72.8 Å². The van der Waals surface area contributed by atoms with Crippen molar-refractivity contribution in [2.75, 3.05) is 40.6 Å². The molecule has 1 aliphatic heterocycles. The molecule has 1 unspecified atom stereocenters. The Bertz CT molecular complexity index is 1290. The van der Waals surface area contributed by atoms with Gasteiger partial charge in [0.05, 0.1) is 12.2 Å². The molecule has 0 saturated heterocycles. The molecule has 1 heterocycles. The highest BCUT2D eigenvalue weighted by molar-refractivity contribution is 5.97. The minimum atomic E-state index is -0.908. The van der Waals surface area contributed by atoms with Crippen LogP contribution in [0.3, 0.4) is 0 Å². The van der Waals surface area contributed by atoms with E-state index in [-0.39, 0.29) is 18.5 Å². The van der Waals surface area contributed by atoms with Gasteiger partial charge in [-0.2, -0.15) is 0 Å². The summed E-state index contributed by atoms with van der Waals surface area (Å²) in [5.41, 5.74) is 1.72. The number of unbranched alkanes of at least 4 members (excludes halogenated alkanes) is 1. The Morgan fingerprint density at radius 3 is 2.39 bits per heavy atom. The van der Waals surface area contributed by atoms with Crippen LogP contribution < -0.4 is 14.2 Å². The Hall–Kier alpha value is -4.04. The van der Waals surface area contributed by atoms with Crippen LogP contribution in [0.4, 0.5) is 0 Å². The van der Waals surface area contributed by atoms with Crippen molar-refractivity contribution in [3.8, 4) is 17.2 Å². The Morgan fingerprint density at radius 2 is 1.68 bits per heavy atom. The second-order valence-corrected chi connectivity index (χ2v) is 10.5. The van der Waals surface area contributed by atoms with E-state index in [4.69, 9.17) is 18.9 Å². The van der Waals surface area contributed by atoms with Crippen molar-refractivity contribution in [2.45, 2.75) is 45.3 Å². The van der Waals surface area contributed by atoms with Crippen molar-refractivity contribution in [3.05, 3.63) is 89.5 Å². The normalized spacial score (nSPS) is 14.0. The number of benzene rings is 3. The van der Waals surface area contributed by atoms with Crippen LogP contribution in [-0.4, -0.2) is 67.8 Å². The molecule has 41 heavy (non-hydrogen) atoms. The first kappa shape index (κ1) is 29.9. The van der Waals surface area contributed by atoms with Gasteiger partial charge >= 0.3 is 0 Å². The fraction of sp³-hybridized carbons (Fsp3) is 0.394. The average molecular weight is 561 g/mol. The van der Waals surface area contributed by atoms with Crippen LogP contribution in [-0.2, 0) is 22.6 Å². The van der Waals surface area contributed by atoms with Crippen LogP contribution in [0.1, 0.15) is 48.2 Å². The summed E-state index contributed by atoms with van der Waals surface area (Å²) in [5.74, 6) is 1.89. The van der Waals surface area contributed by atoms with Gasteiger partial charge in [0.25, 0.3) is 11.8 Å². The molecule has 0 saturated carbocycles. The predicted molar refractivity (Wildman–Crippen MR) is 157 cm³/mol. The maximum atomic E-state index is 13.0.